The van der Waals surface area contributed by atoms with Gasteiger partial charge in [0.25, 0.3) is 0 Å². The van der Waals surface area contributed by atoms with Crippen LogP contribution in [0.2, 0.25) is 24.2 Å². The van der Waals surface area contributed by atoms with Crippen LogP contribution in [0.5, 0.6) is 0 Å². The van der Waals surface area contributed by atoms with Crippen molar-refractivity contribution < 1.29 is 8.85 Å². The Hall–Kier alpha value is 0.704. The number of thioether (sulfide) groups is 1. The van der Waals surface area contributed by atoms with Gasteiger partial charge in [-0.1, -0.05) is 119 Å². The Labute approximate surface area is 216 Å². The lowest BCUT2D eigenvalue weighted by Crippen LogP contribution is -2.53. The molecule has 0 aromatic rings. The quantitative estimate of drug-likeness (QED) is 0.0934. The highest BCUT2D eigenvalue weighted by molar-refractivity contribution is 8.03. The Kier molecular flexibility index (Phi) is 21.3. The highest BCUT2D eigenvalue weighted by Gasteiger charge is 2.46. The lowest BCUT2D eigenvalue weighted by atomic mass is 10.3. The van der Waals surface area contributed by atoms with Crippen LogP contribution >= 0.6 is 11.8 Å². The molecular formula is C28H62O2SSi2. The zero-order chi connectivity index (χ0) is 25.0. The van der Waals surface area contributed by atoms with E-state index in [1.54, 1.807) is 0 Å². The predicted molar refractivity (Wildman–Crippen MR) is 159 cm³/mol. The van der Waals surface area contributed by atoms with Crippen LogP contribution in [-0.2, 0) is 8.85 Å². The van der Waals surface area contributed by atoms with Crippen LogP contribution in [0, 0.1) is 0 Å². The van der Waals surface area contributed by atoms with Gasteiger partial charge in [0.15, 0.2) is 0 Å². The molecule has 0 aromatic heterocycles. The number of hydrogen-bond donors (Lipinski definition) is 0. The highest BCUT2D eigenvalue weighted by atomic mass is 32.2. The van der Waals surface area contributed by atoms with Gasteiger partial charge in [-0.25, -0.2) is 0 Å². The van der Waals surface area contributed by atoms with Crippen molar-refractivity contribution >= 4 is 28.4 Å². The summed E-state index contributed by atoms with van der Waals surface area (Å²) < 4.78 is 13.7. The lowest BCUT2D eigenvalue weighted by Gasteiger charge is -2.42. The number of hydrogen-bond acceptors (Lipinski definition) is 3. The van der Waals surface area contributed by atoms with Crippen molar-refractivity contribution in [1.29, 1.82) is 0 Å². The van der Waals surface area contributed by atoms with Crippen LogP contribution < -0.4 is 0 Å². The minimum absolute atomic E-state index is 0.658. The van der Waals surface area contributed by atoms with Crippen molar-refractivity contribution in [2.75, 3.05) is 13.2 Å². The van der Waals surface area contributed by atoms with Gasteiger partial charge in [-0.2, -0.15) is 11.8 Å². The number of unbranched alkanes of at least 4 members (excludes halogenated alkanes) is 8. The molecule has 0 saturated carbocycles. The summed E-state index contributed by atoms with van der Waals surface area (Å²) in [6.45, 7) is 20.7. The molecule has 0 rings (SSSR count). The van der Waals surface area contributed by atoms with Gasteiger partial charge in [0.2, 0.25) is 16.6 Å². The van der Waals surface area contributed by atoms with E-state index in [2.05, 4.69) is 67.2 Å². The zero-order valence-corrected chi connectivity index (χ0v) is 26.9. The van der Waals surface area contributed by atoms with Crippen molar-refractivity contribution in [3.8, 4) is 0 Å². The molecule has 0 aliphatic rings. The van der Waals surface area contributed by atoms with E-state index in [9.17, 15) is 0 Å². The average molecular weight is 519 g/mol. The molecule has 0 aliphatic heterocycles. The fraction of sp³-hybridized carbons (Fsp3) is 1.00. The minimum Gasteiger partial charge on any atom is -0.416 e. The molecule has 0 saturated heterocycles. The summed E-state index contributed by atoms with van der Waals surface area (Å²) >= 11 is 2.30. The monoisotopic (exact) mass is 518 g/mol. The fourth-order valence-electron chi connectivity index (χ4n) is 5.41. The molecule has 0 aromatic carbocycles. The predicted octanol–water partition coefficient (Wildman–Crippen LogP) is 10.3. The third-order valence-electron chi connectivity index (χ3n) is 7.57. The molecule has 200 valence electrons. The van der Waals surface area contributed by atoms with E-state index >= 15 is 0 Å². The van der Waals surface area contributed by atoms with E-state index in [-0.39, 0.29) is 0 Å². The SMILES string of the molecule is CCCCC[Si](CCCCC)(OCC)C(C)SC(C)[Si](CCCCC)(CCCCC)OCC. The third kappa shape index (κ3) is 13.0. The summed E-state index contributed by atoms with van der Waals surface area (Å²) in [6, 6.07) is 5.42. The van der Waals surface area contributed by atoms with E-state index in [4.69, 9.17) is 8.85 Å². The Morgan fingerprint density at radius 1 is 0.485 bits per heavy atom. The van der Waals surface area contributed by atoms with Gasteiger partial charge < -0.3 is 8.85 Å². The average Bonchev–Trinajstić information content (AvgIpc) is 2.79. The summed E-state index contributed by atoms with van der Waals surface area (Å²) in [5, 5.41) is 0. The summed E-state index contributed by atoms with van der Waals surface area (Å²) in [5.41, 5.74) is 0. The van der Waals surface area contributed by atoms with Crippen molar-refractivity contribution in [3.05, 3.63) is 0 Å². The molecule has 0 radical (unpaired) electrons. The van der Waals surface area contributed by atoms with Crippen molar-refractivity contribution in [2.24, 2.45) is 0 Å². The van der Waals surface area contributed by atoms with Crippen LogP contribution in [-0.4, -0.2) is 39.6 Å². The molecule has 0 fully saturated rings. The summed E-state index contributed by atoms with van der Waals surface area (Å²) in [6.07, 6.45) is 16.1. The topological polar surface area (TPSA) is 18.5 Å². The highest BCUT2D eigenvalue weighted by Crippen LogP contribution is 2.41. The second-order valence-electron chi connectivity index (χ2n) is 10.2. The maximum atomic E-state index is 6.85. The van der Waals surface area contributed by atoms with Crippen LogP contribution in [0.3, 0.4) is 0 Å². The van der Waals surface area contributed by atoms with Gasteiger partial charge in [-0.15, -0.1) is 0 Å². The summed E-state index contributed by atoms with van der Waals surface area (Å²) in [5.74, 6) is 0. The molecule has 2 atom stereocenters. The second kappa shape index (κ2) is 20.9. The van der Waals surface area contributed by atoms with Gasteiger partial charge >= 0.3 is 0 Å². The Morgan fingerprint density at radius 2 is 0.758 bits per heavy atom. The first-order valence-corrected chi connectivity index (χ1v) is 20.6. The van der Waals surface area contributed by atoms with E-state index in [0.717, 1.165) is 13.2 Å². The van der Waals surface area contributed by atoms with Gasteiger partial charge in [-0.3, -0.25) is 0 Å². The third-order valence-corrected chi connectivity index (χ3v) is 21.3. The zero-order valence-electron chi connectivity index (χ0n) is 24.1. The van der Waals surface area contributed by atoms with E-state index in [1.165, 1.54) is 101 Å². The maximum absolute atomic E-state index is 6.85. The normalized spacial score (nSPS) is 14.5. The second-order valence-corrected chi connectivity index (χ2v) is 21.3. The van der Waals surface area contributed by atoms with E-state index in [0.29, 0.717) is 9.75 Å². The Morgan fingerprint density at radius 3 is 0.970 bits per heavy atom. The van der Waals surface area contributed by atoms with Gasteiger partial charge in [-0.05, 0) is 38.0 Å². The largest absolute Gasteiger partial charge is 0.416 e. The van der Waals surface area contributed by atoms with E-state index in [1.807, 2.05) is 0 Å². The smallest absolute Gasteiger partial charge is 0.205 e. The van der Waals surface area contributed by atoms with Crippen LogP contribution in [0.4, 0.5) is 0 Å². The maximum Gasteiger partial charge on any atom is 0.205 e. The lowest BCUT2D eigenvalue weighted by molar-refractivity contribution is 0.313. The molecule has 0 heterocycles. The Bertz CT molecular complexity index is 378. The van der Waals surface area contributed by atoms with Gasteiger partial charge in [0.1, 0.15) is 0 Å². The minimum atomic E-state index is -1.78. The molecule has 0 amide bonds. The van der Waals surface area contributed by atoms with Gasteiger partial charge in [0.05, 0.1) is 0 Å². The van der Waals surface area contributed by atoms with Crippen LogP contribution in [0.15, 0.2) is 0 Å². The first-order valence-electron chi connectivity index (χ1n) is 14.8. The summed E-state index contributed by atoms with van der Waals surface area (Å²) in [4.78, 5) is 1.32. The molecule has 0 spiro atoms. The number of rotatable bonds is 24. The molecule has 5 heteroatoms. The molecule has 2 nitrogen and oxygen atoms in total. The Balaban J connectivity index is 5.71. The first-order chi connectivity index (χ1) is 15.9. The molecular weight excluding hydrogens is 457 g/mol. The summed E-state index contributed by atoms with van der Waals surface area (Å²) in [7, 11) is -3.57. The molecule has 0 aliphatic carbocycles. The molecule has 2 unspecified atom stereocenters. The fourth-order valence-corrected chi connectivity index (χ4v) is 19.2. The van der Waals surface area contributed by atoms with E-state index < -0.39 is 16.6 Å². The van der Waals surface area contributed by atoms with Crippen molar-refractivity contribution in [3.63, 3.8) is 0 Å². The molecule has 0 N–H and O–H groups in total. The van der Waals surface area contributed by atoms with Crippen LogP contribution in [0.1, 0.15) is 132 Å². The first kappa shape index (κ1) is 33.7. The standard InChI is InChI=1S/C28H62O2SSi2/c1-9-15-19-23-32(29-13-5,24-20-16-10-2)27(7)31-28(8)33(30-14-6,25-21-17-11-3)26-22-18-12-4/h27-28H,9-26H2,1-8H3. The molecule has 33 heavy (non-hydrogen) atoms. The van der Waals surface area contributed by atoms with Crippen LogP contribution in [0.25, 0.3) is 0 Å². The molecule has 0 bridgehead atoms. The van der Waals surface area contributed by atoms with Gasteiger partial charge in [0, 0.05) is 23.0 Å². The van der Waals surface area contributed by atoms with Crippen molar-refractivity contribution in [1.82, 2.24) is 0 Å². The van der Waals surface area contributed by atoms with Crippen molar-refractivity contribution in [2.45, 2.75) is 166 Å².